The van der Waals surface area contributed by atoms with E-state index in [4.69, 9.17) is 9.47 Å². The van der Waals surface area contributed by atoms with Crippen LogP contribution >= 0.6 is 0 Å². The van der Waals surface area contributed by atoms with Gasteiger partial charge in [0.1, 0.15) is 24.4 Å². The molecule has 0 aromatic heterocycles. The van der Waals surface area contributed by atoms with Gasteiger partial charge >= 0.3 is 0 Å². The van der Waals surface area contributed by atoms with Crippen LogP contribution in [0.5, 0.6) is 0 Å². The Balaban J connectivity index is 1.65. The number of hydrogen-bond donors (Lipinski definition) is 5. The summed E-state index contributed by atoms with van der Waals surface area (Å²) in [6.07, 6.45) is -5.01. The Hall–Kier alpha value is -2.33. The van der Waals surface area contributed by atoms with Gasteiger partial charge in [-0.05, 0) is 41.3 Å². The maximum Gasteiger partial charge on any atom is 0.225 e. The molecule has 0 bridgehead atoms. The molecule has 1 amide bonds. The SMILES string of the molecule is CC(=O)Nc1cccc(Cc2ccc3c(c2)[C@]2(OC3)O[C@H](CO)[C@@H](O)[C@H](O)[C@H]2O)c1. The number of aliphatic hydroxyl groups excluding tert-OH is 4. The Kier molecular flexibility index (Phi) is 5.63. The zero-order chi connectivity index (χ0) is 21.5. The minimum absolute atomic E-state index is 0.147. The van der Waals surface area contributed by atoms with Crippen LogP contribution in [-0.4, -0.2) is 57.4 Å². The lowest BCUT2D eigenvalue weighted by atomic mass is 9.86. The maximum atomic E-state index is 11.3. The van der Waals surface area contributed by atoms with Crippen LogP contribution < -0.4 is 5.32 Å². The number of anilines is 1. The molecule has 0 radical (unpaired) electrons. The molecule has 8 nitrogen and oxygen atoms in total. The lowest BCUT2D eigenvalue weighted by Crippen LogP contribution is -2.63. The largest absolute Gasteiger partial charge is 0.394 e. The predicted octanol–water partition coefficient (Wildman–Crippen LogP) is 0.393. The second-order valence-corrected chi connectivity index (χ2v) is 7.77. The maximum absolute atomic E-state index is 11.3. The molecular formula is C22H25NO7. The van der Waals surface area contributed by atoms with Gasteiger partial charge in [0.05, 0.1) is 13.2 Å². The van der Waals surface area contributed by atoms with E-state index in [1.807, 2.05) is 42.5 Å². The number of ether oxygens (including phenoxy) is 2. The molecule has 5 N–H and O–H groups in total. The Morgan fingerprint density at radius 2 is 1.90 bits per heavy atom. The highest BCUT2D eigenvalue weighted by atomic mass is 16.7. The standard InChI is InChI=1S/C22H25NO7/c1-12(25)23-16-4-2-3-13(8-16)7-14-5-6-15-11-29-22(17(15)9-14)21(28)20(27)19(26)18(10-24)30-22/h2-6,8-9,18-21,24,26-28H,7,10-11H2,1H3,(H,23,25)/t18-,19-,20+,21-,22+/m1/s1. The van der Waals surface area contributed by atoms with Gasteiger partial charge in [0, 0.05) is 18.2 Å². The van der Waals surface area contributed by atoms with Crippen molar-refractivity contribution in [2.24, 2.45) is 0 Å². The van der Waals surface area contributed by atoms with Crippen molar-refractivity contribution in [2.45, 2.75) is 50.2 Å². The van der Waals surface area contributed by atoms with Gasteiger partial charge in [-0.25, -0.2) is 0 Å². The van der Waals surface area contributed by atoms with Crippen LogP contribution in [0.15, 0.2) is 42.5 Å². The molecule has 5 atom stereocenters. The Bertz CT molecular complexity index is 947. The van der Waals surface area contributed by atoms with E-state index in [1.165, 1.54) is 6.92 Å². The normalized spacial score (nSPS) is 30.3. The third-order valence-electron chi connectivity index (χ3n) is 5.60. The third kappa shape index (κ3) is 3.62. The minimum Gasteiger partial charge on any atom is -0.394 e. The van der Waals surface area contributed by atoms with Crippen LogP contribution in [0.2, 0.25) is 0 Å². The summed E-state index contributed by atoms with van der Waals surface area (Å²) in [5, 5.41) is 43.3. The van der Waals surface area contributed by atoms with Crippen molar-refractivity contribution in [1.29, 1.82) is 0 Å². The number of carbonyl (C=O) groups is 1. The quantitative estimate of drug-likeness (QED) is 0.489. The summed E-state index contributed by atoms with van der Waals surface area (Å²) in [6, 6.07) is 13.2. The highest BCUT2D eigenvalue weighted by Gasteiger charge is 2.58. The van der Waals surface area contributed by atoms with Gasteiger partial charge in [-0.15, -0.1) is 0 Å². The lowest BCUT2D eigenvalue weighted by molar-refractivity contribution is -0.368. The second-order valence-electron chi connectivity index (χ2n) is 7.77. The predicted molar refractivity (Wildman–Crippen MR) is 106 cm³/mol. The lowest BCUT2D eigenvalue weighted by Gasteiger charge is -2.46. The van der Waals surface area contributed by atoms with Crippen molar-refractivity contribution in [3.63, 3.8) is 0 Å². The zero-order valence-electron chi connectivity index (χ0n) is 16.5. The topological polar surface area (TPSA) is 128 Å². The molecule has 0 unspecified atom stereocenters. The Morgan fingerprint density at radius 3 is 2.63 bits per heavy atom. The Labute approximate surface area is 173 Å². The average Bonchev–Trinajstić information content (AvgIpc) is 3.08. The number of carbonyl (C=O) groups excluding carboxylic acids is 1. The summed E-state index contributed by atoms with van der Waals surface area (Å²) < 4.78 is 11.6. The molecule has 4 rings (SSSR count). The third-order valence-corrected chi connectivity index (χ3v) is 5.60. The first-order valence-electron chi connectivity index (χ1n) is 9.79. The molecule has 30 heavy (non-hydrogen) atoms. The first-order valence-corrected chi connectivity index (χ1v) is 9.79. The van der Waals surface area contributed by atoms with E-state index in [2.05, 4.69) is 5.32 Å². The van der Waals surface area contributed by atoms with E-state index >= 15 is 0 Å². The first kappa shape index (κ1) is 20.9. The average molecular weight is 415 g/mol. The summed E-state index contributed by atoms with van der Waals surface area (Å²) in [6.45, 7) is 1.10. The fourth-order valence-electron chi connectivity index (χ4n) is 4.13. The van der Waals surface area contributed by atoms with Crippen molar-refractivity contribution >= 4 is 11.6 Å². The zero-order valence-corrected chi connectivity index (χ0v) is 16.5. The van der Waals surface area contributed by atoms with Gasteiger partial charge in [0.15, 0.2) is 0 Å². The van der Waals surface area contributed by atoms with Crippen LogP contribution in [0.4, 0.5) is 5.69 Å². The van der Waals surface area contributed by atoms with Crippen molar-refractivity contribution in [2.75, 3.05) is 11.9 Å². The molecule has 160 valence electrons. The van der Waals surface area contributed by atoms with Gasteiger partial charge < -0.3 is 35.2 Å². The molecule has 8 heteroatoms. The Morgan fingerprint density at radius 1 is 1.13 bits per heavy atom. The van der Waals surface area contributed by atoms with E-state index in [0.717, 1.165) is 16.7 Å². The monoisotopic (exact) mass is 415 g/mol. The van der Waals surface area contributed by atoms with E-state index in [1.54, 1.807) is 0 Å². The van der Waals surface area contributed by atoms with Gasteiger partial charge in [0.25, 0.3) is 0 Å². The summed E-state index contributed by atoms with van der Waals surface area (Å²) >= 11 is 0. The van der Waals surface area contributed by atoms with Gasteiger partial charge in [-0.2, -0.15) is 0 Å². The number of rotatable bonds is 4. The fraction of sp³-hybridized carbons (Fsp3) is 0.409. The first-order chi connectivity index (χ1) is 14.3. The summed E-state index contributed by atoms with van der Waals surface area (Å²) in [4.78, 5) is 11.3. The van der Waals surface area contributed by atoms with E-state index in [0.29, 0.717) is 17.7 Å². The van der Waals surface area contributed by atoms with Crippen LogP contribution in [0.1, 0.15) is 29.2 Å². The molecular weight excluding hydrogens is 390 g/mol. The molecule has 2 heterocycles. The molecule has 2 aliphatic heterocycles. The summed E-state index contributed by atoms with van der Waals surface area (Å²) in [7, 11) is 0. The van der Waals surface area contributed by atoms with Crippen molar-refractivity contribution in [1.82, 2.24) is 0 Å². The number of fused-ring (bicyclic) bond motifs is 2. The van der Waals surface area contributed by atoms with Crippen LogP contribution in [0.3, 0.4) is 0 Å². The second kappa shape index (κ2) is 8.07. The molecule has 2 aromatic rings. The molecule has 1 spiro atoms. The van der Waals surface area contributed by atoms with E-state index < -0.39 is 36.8 Å². The minimum atomic E-state index is -1.66. The van der Waals surface area contributed by atoms with Crippen molar-refractivity contribution in [3.05, 3.63) is 64.7 Å². The van der Waals surface area contributed by atoms with Crippen LogP contribution in [-0.2, 0) is 33.1 Å². The fourth-order valence-corrected chi connectivity index (χ4v) is 4.13. The molecule has 1 saturated heterocycles. The molecule has 0 saturated carbocycles. The highest BCUT2D eigenvalue weighted by molar-refractivity contribution is 5.88. The number of nitrogens with one attached hydrogen (secondary N) is 1. The summed E-state index contributed by atoms with van der Waals surface area (Å²) in [5.74, 6) is -1.80. The van der Waals surface area contributed by atoms with Gasteiger partial charge in [0.2, 0.25) is 11.7 Å². The number of aliphatic hydroxyl groups is 4. The highest BCUT2D eigenvalue weighted by Crippen LogP contribution is 2.46. The number of benzene rings is 2. The van der Waals surface area contributed by atoms with E-state index in [-0.39, 0.29) is 12.5 Å². The number of hydrogen-bond acceptors (Lipinski definition) is 7. The molecule has 2 aliphatic rings. The van der Waals surface area contributed by atoms with Crippen LogP contribution in [0.25, 0.3) is 0 Å². The number of amides is 1. The van der Waals surface area contributed by atoms with Crippen LogP contribution in [0, 0.1) is 0 Å². The molecule has 2 aromatic carbocycles. The molecule has 0 aliphatic carbocycles. The van der Waals surface area contributed by atoms with Crippen molar-refractivity contribution in [3.8, 4) is 0 Å². The summed E-state index contributed by atoms with van der Waals surface area (Å²) in [5.41, 5.74) is 3.95. The van der Waals surface area contributed by atoms with Gasteiger partial charge in [-0.3, -0.25) is 4.79 Å². The smallest absolute Gasteiger partial charge is 0.225 e. The molecule has 1 fully saturated rings. The van der Waals surface area contributed by atoms with E-state index in [9.17, 15) is 25.2 Å². The van der Waals surface area contributed by atoms with Crippen molar-refractivity contribution < 1.29 is 34.7 Å². The van der Waals surface area contributed by atoms with Gasteiger partial charge in [-0.1, -0.05) is 24.3 Å².